The van der Waals surface area contributed by atoms with Gasteiger partial charge in [-0.2, -0.15) is 0 Å². The molecule has 4 saturated carbocycles. The van der Waals surface area contributed by atoms with E-state index in [9.17, 15) is 61.0 Å². The highest BCUT2D eigenvalue weighted by Gasteiger charge is 2.72. The number of carbonyl (C=O) groups is 1. The van der Waals surface area contributed by atoms with E-state index in [-0.39, 0.29) is 47.2 Å². The Morgan fingerprint density at radius 2 is 1.28 bits per heavy atom. The number of anilines is 1. The van der Waals surface area contributed by atoms with E-state index in [1.54, 1.807) is 19.2 Å². The SMILES string of the molecule is CNc1ccccc1C(=O)OC[C@]12[C@@H](O)CC(C)(C)C[C@H]1C1=CCC3[C@@]4(C)CC[C@H](O[C@@H]5O[C@H](CO[C@@H]6O[C@H](CO[C@@H]7OC[C@@H](O)[C@H](O)[C@H]7O)[C@@H](O)[C@H](O)[C@H]6O)[C@@H](O)[C@H](O)[C@H]5O)C(C)(C)C4CC[C@@]3(C)[C@]1(C)C[C@@H]2O. The molecule has 3 saturated heterocycles. The van der Waals surface area contributed by atoms with Gasteiger partial charge in [0.2, 0.25) is 0 Å². The Bertz CT molecular complexity index is 2230. The number of rotatable bonds is 12. The second-order valence-corrected chi connectivity index (χ2v) is 25.6. The van der Waals surface area contributed by atoms with Crippen molar-refractivity contribution in [1.29, 1.82) is 0 Å². The van der Waals surface area contributed by atoms with Crippen LogP contribution in [-0.2, 0) is 33.2 Å². The topological polar surface area (TPSA) is 316 Å². The summed E-state index contributed by atoms with van der Waals surface area (Å²) in [5.41, 5.74) is -0.482. The Kier molecular flexibility index (Phi) is 15.9. The van der Waals surface area contributed by atoms with Crippen molar-refractivity contribution in [3.05, 3.63) is 41.5 Å². The fourth-order valence-corrected chi connectivity index (χ4v) is 16.1. The second kappa shape index (κ2) is 20.9. The van der Waals surface area contributed by atoms with Crippen LogP contribution in [0.15, 0.2) is 35.9 Å². The van der Waals surface area contributed by atoms with Gasteiger partial charge in [0.1, 0.15) is 73.8 Å². The number of benzene rings is 1. The van der Waals surface area contributed by atoms with Crippen molar-refractivity contribution in [2.45, 2.75) is 204 Å². The van der Waals surface area contributed by atoms with E-state index in [0.717, 1.165) is 32.1 Å². The first-order valence-corrected chi connectivity index (χ1v) is 27.1. The van der Waals surface area contributed by atoms with Gasteiger partial charge in [-0.15, -0.1) is 0 Å². The molecule has 24 atom stereocenters. The lowest BCUT2D eigenvalue weighted by Crippen LogP contribution is -2.69. The molecule has 0 radical (unpaired) electrons. The van der Waals surface area contributed by atoms with Gasteiger partial charge in [-0.3, -0.25) is 0 Å². The van der Waals surface area contributed by atoms with Gasteiger partial charge in [-0.05, 0) is 108 Å². The summed E-state index contributed by atoms with van der Waals surface area (Å²) in [6.07, 6.45) is -16.5. The molecule has 0 amide bonds. The zero-order chi connectivity index (χ0) is 54.5. The van der Waals surface area contributed by atoms with E-state index in [0.29, 0.717) is 30.5 Å². The Morgan fingerprint density at radius 1 is 0.680 bits per heavy atom. The predicted molar refractivity (Wildman–Crippen MR) is 266 cm³/mol. The molecule has 3 aliphatic heterocycles. The van der Waals surface area contributed by atoms with Gasteiger partial charge in [-0.25, -0.2) is 4.79 Å². The number of carbonyl (C=O) groups excluding carboxylic acids is 1. The van der Waals surface area contributed by atoms with Crippen LogP contribution in [-0.4, -0.2) is 200 Å². The predicted octanol–water partition coefficient (Wildman–Crippen LogP) is 1.10. The maximum absolute atomic E-state index is 13.7. The fourth-order valence-electron chi connectivity index (χ4n) is 16.1. The van der Waals surface area contributed by atoms with Crippen LogP contribution >= 0.6 is 0 Å². The number of allylic oxidation sites excluding steroid dienone is 2. The molecule has 7 fully saturated rings. The van der Waals surface area contributed by atoms with Gasteiger partial charge in [0.25, 0.3) is 0 Å². The van der Waals surface area contributed by atoms with Crippen molar-refractivity contribution in [2.75, 3.05) is 38.8 Å². The fraction of sp³-hybridized carbons (Fsp3) is 0.836. The number of para-hydroxylation sites is 1. The van der Waals surface area contributed by atoms with Crippen molar-refractivity contribution in [3.63, 3.8) is 0 Å². The first kappa shape index (κ1) is 57.2. The summed E-state index contributed by atoms with van der Waals surface area (Å²) in [5, 5.41) is 124. The first-order valence-electron chi connectivity index (χ1n) is 27.1. The average Bonchev–Trinajstić information content (AvgIpc) is 3.35. The van der Waals surface area contributed by atoms with Gasteiger partial charge in [0, 0.05) is 12.7 Å². The van der Waals surface area contributed by atoms with E-state index in [1.165, 1.54) is 5.57 Å². The number of nitrogens with one attached hydrogen (secondary N) is 1. The summed E-state index contributed by atoms with van der Waals surface area (Å²) in [6.45, 7) is 14.3. The van der Waals surface area contributed by atoms with Crippen LogP contribution in [0.5, 0.6) is 0 Å². The molecular weight excluding hydrogens is 979 g/mol. The molecule has 5 aliphatic carbocycles. The minimum atomic E-state index is -1.79. The van der Waals surface area contributed by atoms with Crippen LogP contribution in [0.2, 0.25) is 0 Å². The average molecular weight is 1060 g/mol. The molecule has 1 aromatic carbocycles. The number of hydrogen-bond donors (Lipinski definition) is 12. The molecule has 8 aliphatic rings. The highest BCUT2D eigenvalue weighted by atomic mass is 16.7. The van der Waals surface area contributed by atoms with Crippen LogP contribution in [0.4, 0.5) is 5.69 Å². The van der Waals surface area contributed by atoms with Crippen LogP contribution < -0.4 is 5.32 Å². The highest BCUT2D eigenvalue weighted by Crippen LogP contribution is 2.76. The van der Waals surface area contributed by atoms with Crippen molar-refractivity contribution in [1.82, 2.24) is 0 Å². The second-order valence-electron chi connectivity index (χ2n) is 25.6. The number of ether oxygens (including phenoxy) is 7. The van der Waals surface area contributed by atoms with Crippen LogP contribution in [0.1, 0.15) is 110 Å². The summed E-state index contributed by atoms with van der Waals surface area (Å²) in [5.74, 6) is -0.424. The lowest BCUT2D eigenvalue weighted by atomic mass is 9.33. The summed E-state index contributed by atoms with van der Waals surface area (Å²) < 4.78 is 41.3. The molecule has 12 N–H and O–H groups in total. The lowest BCUT2D eigenvalue weighted by molar-refractivity contribution is -0.348. The molecule has 1 aromatic rings. The third-order valence-electron chi connectivity index (χ3n) is 20.6. The zero-order valence-electron chi connectivity index (χ0n) is 44.6. The lowest BCUT2D eigenvalue weighted by Gasteiger charge is -2.72. The van der Waals surface area contributed by atoms with Gasteiger partial charge in [0.15, 0.2) is 18.9 Å². The maximum Gasteiger partial charge on any atom is 0.340 e. The number of fused-ring (bicyclic) bond motifs is 7. The minimum Gasteiger partial charge on any atom is -0.461 e. The summed E-state index contributed by atoms with van der Waals surface area (Å²) in [4.78, 5) is 13.7. The van der Waals surface area contributed by atoms with E-state index < -0.39 is 140 Å². The molecular formula is C55H85NO19. The molecule has 0 spiro atoms. The number of aliphatic hydroxyl groups excluding tert-OH is 11. The molecule has 2 unspecified atom stereocenters. The number of esters is 1. The number of hydrogen-bond acceptors (Lipinski definition) is 20. The Morgan fingerprint density at radius 3 is 1.95 bits per heavy atom. The van der Waals surface area contributed by atoms with Gasteiger partial charge < -0.3 is 94.6 Å². The van der Waals surface area contributed by atoms with Crippen molar-refractivity contribution >= 4 is 11.7 Å². The Balaban J connectivity index is 0.887. The van der Waals surface area contributed by atoms with Gasteiger partial charge >= 0.3 is 5.97 Å². The maximum atomic E-state index is 13.7. The third-order valence-corrected chi connectivity index (χ3v) is 20.6. The largest absolute Gasteiger partial charge is 0.461 e. The van der Waals surface area contributed by atoms with Crippen molar-refractivity contribution < 1.29 is 94.1 Å². The van der Waals surface area contributed by atoms with Crippen molar-refractivity contribution in [2.24, 2.45) is 50.2 Å². The van der Waals surface area contributed by atoms with E-state index >= 15 is 0 Å². The third kappa shape index (κ3) is 9.53. The van der Waals surface area contributed by atoms with Gasteiger partial charge in [-0.1, -0.05) is 72.2 Å². The van der Waals surface area contributed by atoms with Gasteiger partial charge in [0.05, 0.1) is 49.1 Å². The van der Waals surface area contributed by atoms with Crippen LogP contribution in [0.25, 0.3) is 0 Å². The standard InChI is InChI=1S/C55H85NO19/c1-50(2)19-28-27-13-14-34-52(5)17-16-37(51(3,4)33(52)15-18-53(34,6)54(27,7)21-36(59)55(28,35(58)20-50)25-72-46(68)26-11-9-10-12-29(26)56-8)75-49-45(67)42(64)40(62)32(74-49)24-71-48-44(66)41(63)39(61)31(73-48)23-70-47-43(65)38(60)30(57)22-69-47/h9-13,28,30-45,47-49,56-67H,14-25H2,1-8H3/t28-,30+,31+,32+,33?,34?,35-,36-,37-,38-,39+,40+,41-,42-,43+,44+,45+,47-,48+,49-,52-,53+,54+,55+/m0/s1. The molecule has 20 heteroatoms. The monoisotopic (exact) mass is 1060 g/mol. The molecule has 3 heterocycles. The molecule has 0 bridgehead atoms. The molecule has 20 nitrogen and oxygen atoms in total. The summed E-state index contributed by atoms with van der Waals surface area (Å²) in [7, 11) is 1.75. The highest BCUT2D eigenvalue weighted by molar-refractivity contribution is 5.95. The smallest absolute Gasteiger partial charge is 0.340 e. The van der Waals surface area contributed by atoms with E-state index in [1.807, 2.05) is 12.1 Å². The normalized spacial score (nSPS) is 49.2. The molecule has 0 aromatic heterocycles. The summed E-state index contributed by atoms with van der Waals surface area (Å²) >= 11 is 0. The zero-order valence-corrected chi connectivity index (χ0v) is 44.6. The van der Waals surface area contributed by atoms with Crippen LogP contribution in [0.3, 0.4) is 0 Å². The minimum absolute atomic E-state index is 0.117. The van der Waals surface area contributed by atoms with Crippen molar-refractivity contribution in [3.8, 4) is 0 Å². The quantitative estimate of drug-likeness (QED) is 0.0792. The first-order chi connectivity index (χ1) is 35.2. The van der Waals surface area contributed by atoms with E-state index in [4.69, 9.17) is 33.2 Å². The number of aliphatic hydroxyl groups is 11. The van der Waals surface area contributed by atoms with E-state index in [2.05, 4.69) is 59.9 Å². The Hall–Kier alpha value is -2.45. The Labute approximate surface area is 439 Å². The molecule has 424 valence electrons. The molecule has 9 rings (SSSR count). The molecule has 75 heavy (non-hydrogen) atoms. The van der Waals surface area contributed by atoms with Crippen LogP contribution in [0, 0.1) is 50.2 Å². The summed E-state index contributed by atoms with van der Waals surface area (Å²) in [6, 6.07) is 7.14.